The van der Waals surface area contributed by atoms with Gasteiger partial charge in [-0.05, 0) is 27.4 Å². The van der Waals surface area contributed by atoms with E-state index in [1.807, 2.05) is 16.8 Å². The summed E-state index contributed by atoms with van der Waals surface area (Å²) in [5.74, 6) is 0.367. The number of hydrogen-bond donors (Lipinski definition) is 1. The maximum Gasteiger partial charge on any atom is 0.227 e. The number of rotatable bonds is 5. The maximum atomic E-state index is 11.7. The summed E-state index contributed by atoms with van der Waals surface area (Å²) >= 11 is 12.2. The third-order valence-corrected chi connectivity index (χ3v) is 5.28. The minimum atomic E-state index is -0.0224. The van der Waals surface area contributed by atoms with Crippen molar-refractivity contribution in [2.75, 3.05) is 0 Å². The van der Waals surface area contributed by atoms with Gasteiger partial charge in [0.2, 0.25) is 5.91 Å². The molecule has 3 nitrogen and oxygen atoms in total. The van der Waals surface area contributed by atoms with Crippen LogP contribution < -0.4 is 5.32 Å². The summed E-state index contributed by atoms with van der Waals surface area (Å²) < 4.78 is 1.03. The zero-order chi connectivity index (χ0) is 13.0. The van der Waals surface area contributed by atoms with E-state index in [9.17, 15) is 4.79 Å². The Bertz CT molecular complexity index is 541. The topological polar surface area (TPSA) is 42.0 Å². The van der Waals surface area contributed by atoms with Crippen molar-refractivity contribution in [1.82, 2.24) is 10.3 Å². The zero-order valence-corrected chi connectivity index (χ0v) is 13.3. The average molecular weight is 366 g/mol. The summed E-state index contributed by atoms with van der Waals surface area (Å²) in [6, 6.07) is 1.97. The number of thiophene rings is 1. The molecule has 2 aromatic rings. The normalized spacial score (nSPS) is 10.6. The molecule has 18 heavy (non-hydrogen) atoms. The van der Waals surface area contributed by atoms with Gasteiger partial charge in [-0.15, -0.1) is 34.3 Å². The van der Waals surface area contributed by atoms with Crippen LogP contribution in [0, 0.1) is 0 Å². The van der Waals surface area contributed by atoms with E-state index in [0.29, 0.717) is 18.8 Å². The lowest BCUT2D eigenvalue weighted by atomic mass is 10.4. The van der Waals surface area contributed by atoms with Crippen LogP contribution in [0.4, 0.5) is 0 Å². The van der Waals surface area contributed by atoms with Gasteiger partial charge < -0.3 is 5.32 Å². The third-order valence-electron chi connectivity index (χ3n) is 2.19. The predicted octanol–water partition coefficient (Wildman–Crippen LogP) is 3.56. The minimum absolute atomic E-state index is 0.0224. The Morgan fingerprint density at radius 1 is 1.50 bits per heavy atom. The molecule has 0 bridgehead atoms. The molecule has 2 aromatic heterocycles. The Kier molecular flexibility index (Phi) is 5.17. The fourth-order valence-corrected chi connectivity index (χ4v) is 3.77. The van der Waals surface area contributed by atoms with Gasteiger partial charge in [-0.1, -0.05) is 0 Å². The van der Waals surface area contributed by atoms with Gasteiger partial charge >= 0.3 is 0 Å². The molecule has 0 aliphatic heterocycles. The van der Waals surface area contributed by atoms with Gasteiger partial charge in [0.05, 0.1) is 24.5 Å². The van der Waals surface area contributed by atoms with Crippen LogP contribution in [0.3, 0.4) is 0 Å². The largest absolute Gasteiger partial charge is 0.351 e. The number of nitrogens with zero attached hydrogens (tertiary/aromatic N) is 1. The van der Waals surface area contributed by atoms with Crippen LogP contribution in [-0.4, -0.2) is 10.9 Å². The molecule has 1 amide bonds. The Balaban J connectivity index is 1.84. The molecule has 0 atom stereocenters. The minimum Gasteiger partial charge on any atom is -0.351 e. The van der Waals surface area contributed by atoms with Crippen molar-refractivity contribution < 1.29 is 4.79 Å². The highest BCUT2D eigenvalue weighted by Gasteiger charge is 2.08. The molecule has 96 valence electrons. The fourth-order valence-electron chi connectivity index (χ4n) is 1.32. The summed E-state index contributed by atoms with van der Waals surface area (Å²) in [4.78, 5) is 17.1. The number of halogens is 2. The van der Waals surface area contributed by atoms with E-state index in [0.717, 1.165) is 20.1 Å². The summed E-state index contributed by atoms with van der Waals surface area (Å²) in [6.45, 7) is 0.546. The first kappa shape index (κ1) is 14.0. The van der Waals surface area contributed by atoms with Crippen molar-refractivity contribution in [3.63, 3.8) is 0 Å². The van der Waals surface area contributed by atoms with Gasteiger partial charge in [0.15, 0.2) is 0 Å². The number of hydrogen-bond acceptors (Lipinski definition) is 4. The second-order valence-corrected chi connectivity index (χ2v) is 6.58. The Labute approximate surface area is 126 Å². The first-order valence-electron chi connectivity index (χ1n) is 5.17. The Morgan fingerprint density at radius 3 is 2.94 bits per heavy atom. The standard InChI is InChI=1S/C11H10BrClN2OS2/c12-8-1-2-17-9(8)5-14-10(16)3-11-15-7(4-13)6-18-11/h1-2,6H,3-5H2,(H,14,16). The van der Waals surface area contributed by atoms with Gasteiger partial charge in [0.25, 0.3) is 0 Å². The molecule has 0 aromatic carbocycles. The highest BCUT2D eigenvalue weighted by Crippen LogP contribution is 2.22. The molecule has 0 aliphatic carbocycles. The number of nitrogens with one attached hydrogen (secondary N) is 1. The lowest BCUT2D eigenvalue weighted by molar-refractivity contribution is -0.120. The summed E-state index contributed by atoms with van der Waals surface area (Å²) in [6.07, 6.45) is 0.310. The fraction of sp³-hybridized carbons (Fsp3) is 0.273. The lowest BCUT2D eigenvalue weighted by Gasteiger charge is -2.02. The van der Waals surface area contributed by atoms with E-state index in [1.54, 1.807) is 11.3 Å². The second-order valence-electron chi connectivity index (χ2n) is 3.51. The smallest absolute Gasteiger partial charge is 0.227 e. The van der Waals surface area contributed by atoms with Crippen molar-refractivity contribution in [2.45, 2.75) is 18.8 Å². The summed E-state index contributed by atoms with van der Waals surface area (Å²) in [5, 5.41) is 7.54. The number of aromatic nitrogens is 1. The molecule has 0 radical (unpaired) electrons. The molecule has 1 N–H and O–H groups in total. The van der Waals surface area contributed by atoms with Crippen LogP contribution in [0.2, 0.25) is 0 Å². The number of alkyl halides is 1. The summed E-state index contributed by atoms with van der Waals surface area (Å²) in [7, 11) is 0. The number of thiazole rings is 1. The van der Waals surface area contributed by atoms with Gasteiger partial charge in [-0.3, -0.25) is 4.79 Å². The molecule has 2 rings (SSSR count). The average Bonchev–Trinajstić information content (AvgIpc) is 2.96. The van der Waals surface area contributed by atoms with Crippen molar-refractivity contribution in [3.8, 4) is 0 Å². The van der Waals surface area contributed by atoms with E-state index in [-0.39, 0.29) is 5.91 Å². The first-order chi connectivity index (χ1) is 8.69. The monoisotopic (exact) mass is 364 g/mol. The van der Waals surface area contributed by atoms with E-state index < -0.39 is 0 Å². The van der Waals surface area contributed by atoms with Gasteiger partial charge in [0.1, 0.15) is 5.01 Å². The van der Waals surface area contributed by atoms with Crippen molar-refractivity contribution in [3.05, 3.63) is 36.9 Å². The van der Waals surface area contributed by atoms with Crippen LogP contribution in [0.15, 0.2) is 21.3 Å². The molecule has 0 saturated carbocycles. The van der Waals surface area contributed by atoms with Gasteiger partial charge in [-0.2, -0.15) is 0 Å². The van der Waals surface area contributed by atoms with E-state index in [4.69, 9.17) is 11.6 Å². The van der Waals surface area contributed by atoms with E-state index >= 15 is 0 Å². The molecule has 0 spiro atoms. The summed E-state index contributed by atoms with van der Waals surface area (Å²) in [5.41, 5.74) is 0.825. The molecular formula is C11H10BrClN2OS2. The van der Waals surface area contributed by atoms with Gasteiger partial charge in [-0.25, -0.2) is 4.98 Å². The van der Waals surface area contributed by atoms with Crippen LogP contribution in [0.5, 0.6) is 0 Å². The third kappa shape index (κ3) is 3.78. The van der Waals surface area contributed by atoms with Crippen LogP contribution in [0.25, 0.3) is 0 Å². The molecule has 0 saturated heterocycles. The Hall–Kier alpha value is -0.430. The van der Waals surface area contributed by atoms with Crippen LogP contribution in [-0.2, 0) is 23.6 Å². The van der Waals surface area contributed by atoms with Crippen LogP contribution in [0.1, 0.15) is 15.6 Å². The van der Waals surface area contributed by atoms with Gasteiger partial charge in [0, 0.05) is 14.7 Å². The van der Waals surface area contributed by atoms with E-state index in [1.165, 1.54) is 11.3 Å². The number of carbonyl (C=O) groups is 1. The maximum absolute atomic E-state index is 11.7. The quantitative estimate of drug-likeness (QED) is 0.823. The highest BCUT2D eigenvalue weighted by molar-refractivity contribution is 9.10. The first-order valence-corrected chi connectivity index (χ1v) is 8.25. The van der Waals surface area contributed by atoms with Crippen LogP contribution >= 0.6 is 50.2 Å². The lowest BCUT2D eigenvalue weighted by Crippen LogP contribution is -2.24. The Morgan fingerprint density at radius 2 is 2.33 bits per heavy atom. The van der Waals surface area contributed by atoms with Crippen molar-refractivity contribution >= 4 is 56.1 Å². The predicted molar refractivity (Wildman–Crippen MR) is 79.2 cm³/mol. The number of amides is 1. The van der Waals surface area contributed by atoms with Crippen molar-refractivity contribution in [1.29, 1.82) is 0 Å². The molecular weight excluding hydrogens is 356 g/mol. The van der Waals surface area contributed by atoms with Crippen molar-refractivity contribution in [2.24, 2.45) is 0 Å². The zero-order valence-electron chi connectivity index (χ0n) is 9.28. The molecule has 0 fully saturated rings. The van der Waals surface area contributed by atoms with E-state index in [2.05, 4.69) is 26.2 Å². The molecule has 0 aliphatic rings. The molecule has 2 heterocycles. The highest BCUT2D eigenvalue weighted by atomic mass is 79.9. The number of carbonyl (C=O) groups excluding carboxylic acids is 1. The SMILES string of the molecule is O=C(Cc1nc(CCl)cs1)NCc1sccc1Br. The molecule has 7 heteroatoms. The molecule has 0 unspecified atom stereocenters. The second kappa shape index (κ2) is 6.65.